The molecule has 0 saturated heterocycles. The lowest BCUT2D eigenvalue weighted by atomic mass is 10.0. The highest BCUT2D eigenvalue weighted by Crippen LogP contribution is 2.37. The number of fused-ring (bicyclic) bond motifs is 1. The van der Waals surface area contributed by atoms with Crippen LogP contribution in [0.25, 0.3) is 17.0 Å². The van der Waals surface area contributed by atoms with Gasteiger partial charge in [0.15, 0.2) is 16.9 Å². The molecule has 2 rings (SSSR count). The van der Waals surface area contributed by atoms with Crippen LogP contribution in [0.15, 0.2) is 38.8 Å². The summed E-state index contributed by atoms with van der Waals surface area (Å²) in [6, 6.07) is 3.29. The maximum absolute atomic E-state index is 13.2. The Kier molecular flexibility index (Phi) is 11.6. The quantitative estimate of drug-likeness (QED) is 0.112. The number of alkyl halides is 1. The van der Waals surface area contributed by atoms with Crippen molar-refractivity contribution in [3.8, 4) is 11.5 Å². The Bertz CT molecular complexity index is 1020. The van der Waals surface area contributed by atoms with Crippen LogP contribution in [0.3, 0.4) is 0 Å². The molecule has 0 aliphatic rings. The van der Waals surface area contributed by atoms with Crippen LogP contribution >= 0.6 is 15.9 Å². The number of ether oxygens (including phenoxy) is 3. The molecule has 0 N–H and O–H groups in total. The zero-order valence-electron chi connectivity index (χ0n) is 20.6. The lowest BCUT2D eigenvalue weighted by Crippen LogP contribution is -2.08. The van der Waals surface area contributed by atoms with Crippen molar-refractivity contribution >= 4 is 33.0 Å². The van der Waals surface area contributed by atoms with Gasteiger partial charge in [0.1, 0.15) is 11.3 Å². The molecule has 1 aromatic carbocycles. The molecule has 0 aliphatic heterocycles. The van der Waals surface area contributed by atoms with Crippen LogP contribution in [-0.4, -0.2) is 25.7 Å². The second-order valence-electron chi connectivity index (χ2n) is 8.31. The maximum atomic E-state index is 13.2. The first-order valence-corrected chi connectivity index (χ1v) is 12.8. The first-order chi connectivity index (χ1) is 15.9. The van der Waals surface area contributed by atoms with Crippen molar-refractivity contribution in [3.63, 3.8) is 0 Å². The first kappa shape index (κ1) is 27.0. The van der Waals surface area contributed by atoms with Gasteiger partial charge in [0.25, 0.3) is 0 Å². The molecule has 0 radical (unpaired) electrons. The molecule has 2 aromatic rings. The molecule has 6 heteroatoms. The predicted octanol–water partition coefficient (Wildman–Crippen LogP) is 7.43. The monoisotopic (exact) mass is 520 g/mol. The Morgan fingerprint density at radius 3 is 2.52 bits per heavy atom. The Morgan fingerprint density at radius 1 is 1.09 bits per heavy atom. The summed E-state index contributed by atoms with van der Waals surface area (Å²) < 4.78 is 23.7. The van der Waals surface area contributed by atoms with Crippen LogP contribution in [-0.2, 0) is 11.2 Å². The average Bonchev–Trinajstić information content (AvgIpc) is 2.77. The third-order valence-corrected chi connectivity index (χ3v) is 5.74. The van der Waals surface area contributed by atoms with Gasteiger partial charge in [-0.3, -0.25) is 4.79 Å². The molecule has 1 aromatic heterocycles. The van der Waals surface area contributed by atoms with Gasteiger partial charge in [0, 0.05) is 29.1 Å². The molecule has 0 spiro atoms. The largest absolute Gasteiger partial charge is 0.498 e. The number of hydrogen-bond acceptors (Lipinski definition) is 5. The van der Waals surface area contributed by atoms with Crippen LogP contribution in [0.1, 0.15) is 71.1 Å². The van der Waals surface area contributed by atoms with Crippen molar-refractivity contribution in [1.29, 1.82) is 0 Å². The Balaban J connectivity index is 2.51. The fraction of sp³-hybridized carbons (Fsp3) is 0.519. The van der Waals surface area contributed by atoms with Crippen molar-refractivity contribution in [3.05, 3.63) is 51.1 Å². The van der Waals surface area contributed by atoms with Gasteiger partial charge < -0.3 is 18.6 Å². The molecule has 0 fully saturated rings. The molecule has 33 heavy (non-hydrogen) atoms. The summed E-state index contributed by atoms with van der Waals surface area (Å²) >= 11 is 3.45. The van der Waals surface area contributed by atoms with E-state index in [1.54, 1.807) is 19.3 Å². The van der Waals surface area contributed by atoms with Gasteiger partial charge in [-0.25, -0.2) is 0 Å². The van der Waals surface area contributed by atoms with E-state index in [1.807, 2.05) is 20.8 Å². The zero-order chi connectivity index (χ0) is 24.2. The summed E-state index contributed by atoms with van der Waals surface area (Å²) in [5.41, 5.74) is 2.32. The maximum Gasteiger partial charge on any atom is 0.193 e. The van der Waals surface area contributed by atoms with Gasteiger partial charge in [-0.15, -0.1) is 0 Å². The summed E-state index contributed by atoms with van der Waals surface area (Å²) in [5, 5.41) is 1.46. The van der Waals surface area contributed by atoms with E-state index < -0.39 is 0 Å². The van der Waals surface area contributed by atoms with E-state index in [2.05, 4.69) is 28.9 Å². The topological polar surface area (TPSA) is 57.9 Å². The normalized spacial score (nSPS) is 11.5. The van der Waals surface area contributed by atoms with Gasteiger partial charge in [-0.05, 0) is 46.5 Å². The molecule has 0 amide bonds. The fourth-order valence-corrected chi connectivity index (χ4v) is 3.88. The highest BCUT2D eigenvalue weighted by atomic mass is 79.9. The van der Waals surface area contributed by atoms with Gasteiger partial charge in [0.2, 0.25) is 0 Å². The van der Waals surface area contributed by atoms with E-state index in [9.17, 15) is 4.79 Å². The highest BCUT2D eigenvalue weighted by Gasteiger charge is 2.19. The van der Waals surface area contributed by atoms with Gasteiger partial charge in [-0.1, -0.05) is 47.3 Å². The SMILES string of the molecule is CCCCCO/C(C)=C/c1cc(=O)c2c(CC=C(C)C)c(OC)c(OCCCCBr)cc2o1. The van der Waals surface area contributed by atoms with Crippen molar-refractivity contribution in [2.24, 2.45) is 0 Å². The number of unbranched alkanes of at least 4 members (excludes halogenated alkanes) is 3. The molecule has 1 heterocycles. The number of halogens is 1. The van der Waals surface area contributed by atoms with Crippen molar-refractivity contribution < 1.29 is 18.6 Å². The average molecular weight is 521 g/mol. The lowest BCUT2D eigenvalue weighted by Gasteiger charge is -2.16. The molecule has 0 aliphatic carbocycles. The van der Waals surface area contributed by atoms with E-state index in [0.29, 0.717) is 47.9 Å². The molecular formula is C27H37BrO5. The Labute approximate surface area is 205 Å². The van der Waals surface area contributed by atoms with Gasteiger partial charge >= 0.3 is 0 Å². The van der Waals surface area contributed by atoms with E-state index in [0.717, 1.165) is 54.3 Å². The van der Waals surface area contributed by atoms with Crippen molar-refractivity contribution in [1.82, 2.24) is 0 Å². The molecule has 5 nitrogen and oxygen atoms in total. The number of allylic oxidation sites excluding steroid dienone is 3. The predicted molar refractivity (Wildman–Crippen MR) is 140 cm³/mol. The minimum Gasteiger partial charge on any atom is -0.498 e. The fourth-order valence-electron chi connectivity index (χ4n) is 3.49. The molecule has 0 unspecified atom stereocenters. The molecule has 182 valence electrons. The third-order valence-electron chi connectivity index (χ3n) is 5.18. The second-order valence-corrected chi connectivity index (χ2v) is 9.11. The third kappa shape index (κ3) is 8.26. The lowest BCUT2D eigenvalue weighted by molar-refractivity contribution is 0.210. The molecule has 0 saturated carbocycles. The smallest absolute Gasteiger partial charge is 0.193 e. The second kappa shape index (κ2) is 14.1. The van der Waals surface area contributed by atoms with Gasteiger partial charge in [0.05, 0.1) is 31.5 Å². The number of benzene rings is 1. The van der Waals surface area contributed by atoms with Crippen LogP contribution < -0.4 is 14.9 Å². The van der Waals surface area contributed by atoms with Crippen LogP contribution in [0.2, 0.25) is 0 Å². The van der Waals surface area contributed by atoms with Crippen molar-refractivity contribution in [2.45, 2.75) is 66.2 Å². The van der Waals surface area contributed by atoms with E-state index in [1.165, 1.54) is 6.07 Å². The Morgan fingerprint density at radius 2 is 1.85 bits per heavy atom. The van der Waals surface area contributed by atoms with Crippen LogP contribution in [0.5, 0.6) is 11.5 Å². The van der Waals surface area contributed by atoms with Crippen molar-refractivity contribution in [2.75, 3.05) is 25.7 Å². The highest BCUT2D eigenvalue weighted by molar-refractivity contribution is 9.09. The summed E-state index contributed by atoms with van der Waals surface area (Å²) in [6.45, 7) is 9.32. The van der Waals surface area contributed by atoms with E-state index in [-0.39, 0.29) is 5.43 Å². The standard InChI is InChI=1S/C27H37BrO5/c1-6-7-9-14-31-20(4)16-21-17-23(29)26-22(12-11-19(2)3)27(30-5)25(18-24(26)33-21)32-15-10-8-13-28/h11,16-18H,6-10,12-15H2,1-5H3/b20-16+. The zero-order valence-corrected chi connectivity index (χ0v) is 22.2. The summed E-state index contributed by atoms with van der Waals surface area (Å²) in [4.78, 5) is 13.2. The summed E-state index contributed by atoms with van der Waals surface area (Å²) in [6.07, 6.45) is 9.61. The van der Waals surface area contributed by atoms with E-state index >= 15 is 0 Å². The molecular weight excluding hydrogens is 484 g/mol. The molecule has 0 atom stereocenters. The van der Waals surface area contributed by atoms with E-state index in [4.69, 9.17) is 18.6 Å². The van der Waals surface area contributed by atoms with Gasteiger partial charge in [-0.2, -0.15) is 0 Å². The van der Waals surface area contributed by atoms with Crippen LogP contribution in [0.4, 0.5) is 0 Å². The number of methoxy groups -OCH3 is 1. The minimum absolute atomic E-state index is 0.109. The van der Waals surface area contributed by atoms with Crippen LogP contribution in [0, 0.1) is 0 Å². The Hall–Kier alpha value is -2.21. The summed E-state index contributed by atoms with van der Waals surface area (Å²) in [7, 11) is 1.61. The minimum atomic E-state index is -0.109. The number of rotatable bonds is 14. The summed E-state index contributed by atoms with van der Waals surface area (Å²) in [5.74, 6) is 2.36. The first-order valence-electron chi connectivity index (χ1n) is 11.7. The molecule has 0 bridgehead atoms. The number of hydrogen-bond donors (Lipinski definition) is 0.